The number of nitrogens with zero attached hydrogens (tertiary/aromatic N) is 2. The Kier molecular flexibility index (Phi) is 8.85. The van der Waals surface area contributed by atoms with Gasteiger partial charge in [0.1, 0.15) is 11.2 Å². The van der Waals surface area contributed by atoms with Gasteiger partial charge in [-0.05, 0) is 127 Å². The Morgan fingerprint density at radius 3 is 1.81 bits per heavy atom. The summed E-state index contributed by atoms with van der Waals surface area (Å²) in [5.74, 6) is 0.830. The molecule has 0 spiro atoms. The molecule has 0 radical (unpaired) electrons. The quantitative estimate of drug-likeness (QED) is 0.165. The minimum absolute atomic E-state index is 0.0193. The molecule has 0 fully saturated rings. The van der Waals surface area contributed by atoms with E-state index >= 15 is 0 Å². The zero-order valence-corrected chi connectivity index (χ0v) is 43.2. The third-order valence-corrected chi connectivity index (χ3v) is 17.7. The third-order valence-electron chi connectivity index (χ3n) is 17.7. The van der Waals surface area contributed by atoms with E-state index in [0.717, 1.165) is 74.1 Å². The number of hydrogen-bond acceptors (Lipinski definition) is 4. The van der Waals surface area contributed by atoms with Crippen LogP contribution in [-0.4, -0.2) is 6.85 Å². The lowest BCUT2D eigenvalue weighted by Gasteiger charge is -2.52. The van der Waals surface area contributed by atoms with E-state index in [2.05, 4.69) is 252 Å². The van der Waals surface area contributed by atoms with E-state index in [4.69, 9.17) is 8.83 Å². The Morgan fingerprint density at radius 2 is 1.09 bits per heavy atom. The van der Waals surface area contributed by atoms with E-state index in [-0.39, 0.29) is 23.1 Å². The summed E-state index contributed by atoms with van der Waals surface area (Å²) in [6, 6.07) is 72.8. The van der Waals surface area contributed by atoms with Crippen molar-refractivity contribution in [3.8, 4) is 22.3 Å². The maximum Gasteiger partial charge on any atom is 0.337 e. The molecule has 5 heterocycles. The number of para-hydroxylation sites is 3. The smallest absolute Gasteiger partial charge is 0.337 e. The first-order chi connectivity index (χ1) is 35.8. The van der Waals surface area contributed by atoms with Crippen molar-refractivity contribution in [1.82, 2.24) is 0 Å². The van der Waals surface area contributed by atoms with Gasteiger partial charge in [-0.1, -0.05) is 200 Å². The third kappa shape index (κ3) is 5.76. The second kappa shape index (κ2) is 15.0. The summed E-state index contributed by atoms with van der Waals surface area (Å²) >= 11 is 0. The number of anilines is 5. The van der Waals surface area contributed by atoms with Gasteiger partial charge in [0.05, 0.1) is 16.8 Å². The lowest BCUT2D eigenvalue weighted by molar-refractivity contribution is 0.332. The molecule has 0 N–H and O–H groups in total. The van der Waals surface area contributed by atoms with Crippen LogP contribution in [0.2, 0.25) is 0 Å². The summed E-state index contributed by atoms with van der Waals surface area (Å²) in [4.78, 5) is 5.19. The van der Waals surface area contributed by atoms with Gasteiger partial charge < -0.3 is 13.6 Å². The summed E-state index contributed by atoms with van der Waals surface area (Å²) in [5, 5.41) is 3.34. The minimum Gasteiger partial charge on any atom is -0.454 e. The second-order valence-electron chi connectivity index (χ2n) is 23.8. The second-order valence-corrected chi connectivity index (χ2v) is 23.8. The molecule has 0 saturated carbocycles. The maximum absolute atomic E-state index is 7.80. The van der Waals surface area contributed by atoms with Crippen LogP contribution in [0.1, 0.15) is 100 Å². The van der Waals surface area contributed by atoms with Gasteiger partial charge in [0.25, 0.3) is 0 Å². The maximum atomic E-state index is 7.80. The van der Waals surface area contributed by atoms with Gasteiger partial charge in [-0.3, -0.25) is 4.90 Å². The fourth-order valence-corrected chi connectivity index (χ4v) is 14.0. The van der Waals surface area contributed by atoms with E-state index < -0.39 is 5.41 Å². The van der Waals surface area contributed by atoms with Crippen molar-refractivity contribution >= 4 is 79.3 Å². The van der Waals surface area contributed by atoms with Crippen molar-refractivity contribution in [2.75, 3.05) is 9.71 Å². The molecule has 0 amide bonds. The molecule has 11 aromatic rings. The average Bonchev–Trinajstić information content (AvgIpc) is 4.03. The van der Waals surface area contributed by atoms with Crippen LogP contribution in [-0.2, 0) is 21.7 Å². The molecule has 0 bridgehead atoms. The molecule has 0 atom stereocenters. The lowest BCUT2D eigenvalue weighted by atomic mass is 9.42. The van der Waals surface area contributed by atoms with Crippen molar-refractivity contribution < 1.29 is 8.83 Å². The Hall–Kier alpha value is -8.02. The first-order valence-corrected chi connectivity index (χ1v) is 26.6. The topological polar surface area (TPSA) is 32.8 Å². The monoisotopic (exact) mass is 956 g/mol. The number of furan rings is 2. The molecule has 0 saturated heterocycles. The average molecular weight is 957 g/mol. The van der Waals surface area contributed by atoms with E-state index in [1.54, 1.807) is 0 Å². The molecule has 9 aromatic carbocycles. The SMILES string of the molecule is CC(C)(C)c1ccc(N2c3oc4cc5c(cc4c3B3c4c(cc6c(oc7ccccc76)c42)-c2cccc4c2N3c2ccccc2C4(c2ccccc2)c2ccccc2)C(C)(C)CCC5(C)C)c(-c2ccccc2)c1. The summed E-state index contributed by atoms with van der Waals surface area (Å²) < 4.78 is 15.1. The first kappa shape index (κ1) is 43.6. The van der Waals surface area contributed by atoms with Crippen molar-refractivity contribution in [1.29, 1.82) is 0 Å². The van der Waals surface area contributed by atoms with Crippen molar-refractivity contribution in [2.45, 2.75) is 83.0 Å². The molecule has 74 heavy (non-hydrogen) atoms. The first-order valence-electron chi connectivity index (χ1n) is 26.6. The largest absolute Gasteiger partial charge is 0.454 e. The summed E-state index contributed by atoms with van der Waals surface area (Å²) in [6.45, 7) is 16.3. The van der Waals surface area contributed by atoms with Crippen LogP contribution in [0.25, 0.3) is 55.2 Å². The minimum atomic E-state index is -0.635. The molecular formula is C69H57BN2O2. The van der Waals surface area contributed by atoms with Gasteiger partial charge in [0, 0.05) is 44.1 Å². The molecule has 0 unspecified atom stereocenters. The molecule has 1 aliphatic carbocycles. The lowest BCUT2D eigenvalue weighted by Crippen LogP contribution is -2.63. The zero-order valence-electron chi connectivity index (χ0n) is 43.2. The predicted octanol–water partition coefficient (Wildman–Crippen LogP) is 17.0. The van der Waals surface area contributed by atoms with Gasteiger partial charge in [0.15, 0.2) is 5.58 Å². The molecule has 358 valence electrons. The highest BCUT2D eigenvalue weighted by molar-refractivity contribution is 6.95. The zero-order chi connectivity index (χ0) is 50.0. The van der Waals surface area contributed by atoms with Crippen LogP contribution in [0, 0.1) is 0 Å². The molecule has 3 aliphatic heterocycles. The molecule has 5 heteroatoms. The Balaban J connectivity index is 1.16. The predicted molar refractivity (Wildman–Crippen MR) is 309 cm³/mol. The Morgan fingerprint density at radius 1 is 0.459 bits per heavy atom. The number of hydrogen-bond donors (Lipinski definition) is 0. The van der Waals surface area contributed by atoms with Crippen LogP contribution in [0.5, 0.6) is 0 Å². The van der Waals surface area contributed by atoms with Gasteiger partial charge >= 0.3 is 6.85 Å². The highest BCUT2D eigenvalue weighted by Gasteiger charge is 2.56. The summed E-state index contributed by atoms with van der Waals surface area (Å²) in [6.07, 6.45) is 2.23. The molecule has 4 nitrogen and oxygen atoms in total. The highest BCUT2D eigenvalue weighted by Crippen LogP contribution is 2.62. The molecule has 15 rings (SSSR count). The van der Waals surface area contributed by atoms with Gasteiger partial charge in [-0.2, -0.15) is 0 Å². The van der Waals surface area contributed by atoms with Crippen molar-refractivity contribution in [3.63, 3.8) is 0 Å². The number of benzene rings is 9. The van der Waals surface area contributed by atoms with E-state index in [1.807, 2.05) is 0 Å². The van der Waals surface area contributed by atoms with E-state index in [1.165, 1.54) is 72.4 Å². The van der Waals surface area contributed by atoms with Crippen LogP contribution in [0.3, 0.4) is 0 Å². The van der Waals surface area contributed by atoms with Crippen LogP contribution >= 0.6 is 0 Å². The van der Waals surface area contributed by atoms with E-state index in [0.29, 0.717) is 0 Å². The van der Waals surface area contributed by atoms with E-state index in [9.17, 15) is 0 Å². The summed E-state index contributed by atoms with van der Waals surface area (Å²) in [7, 11) is 0. The van der Waals surface area contributed by atoms with Crippen molar-refractivity contribution in [2.24, 2.45) is 0 Å². The fraction of sp³-hybridized carbons (Fsp3) is 0.188. The van der Waals surface area contributed by atoms with Gasteiger partial charge in [-0.25, -0.2) is 0 Å². The number of rotatable bonds is 4. The Labute approximate surface area is 434 Å². The Bertz CT molecular complexity index is 4100. The molecule has 4 aliphatic rings. The van der Waals surface area contributed by atoms with Crippen LogP contribution < -0.4 is 20.6 Å². The number of fused-ring (bicyclic) bond motifs is 13. The highest BCUT2D eigenvalue weighted by atomic mass is 16.4. The standard InChI is InChI=1S/C69H57BN2O2/c1-66(2,3)45-34-35-56(48(38-45)42-22-11-8-12-23-42)71-63-60-49(39-50-46-28-17-20-33-58(46)73-64(50)63)47-29-21-31-53-62(47)72(57-32-19-18-30-52(57)69(53,43-24-13-9-14-25-43)44-26-15-10-16-27-44)70(60)61-51-40-54-55(41-59(51)74-65(61)71)68(6,7)37-36-67(54,4)5/h8-35,38-41H,36-37H2,1-7H3. The molecule has 2 aromatic heterocycles. The van der Waals surface area contributed by atoms with Gasteiger partial charge in [0.2, 0.25) is 5.88 Å². The summed E-state index contributed by atoms with van der Waals surface area (Å²) in [5.41, 5.74) is 22.5. The molecular weight excluding hydrogens is 900 g/mol. The van der Waals surface area contributed by atoms with Crippen LogP contribution in [0.15, 0.2) is 203 Å². The van der Waals surface area contributed by atoms with Gasteiger partial charge in [-0.15, -0.1) is 0 Å². The normalized spacial score (nSPS) is 16.4. The fourth-order valence-electron chi connectivity index (χ4n) is 14.0. The van der Waals surface area contributed by atoms with Crippen molar-refractivity contribution in [3.05, 3.63) is 233 Å². The van der Waals surface area contributed by atoms with Crippen LogP contribution in [0.4, 0.5) is 28.6 Å².